The van der Waals surface area contributed by atoms with E-state index >= 15 is 0 Å². The number of nitrogens with zero attached hydrogens (tertiary/aromatic N) is 2. The molecule has 0 amide bonds. The Bertz CT molecular complexity index is 1480. The van der Waals surface area contributed by atoms with Gasteiger partial charge in [-0.05, 0) is 69.5 Å². The van der Waals surface area contributed by atoms with Crippen molar-refractivity contribution < 1.29 is 24.5 Å². The maximum absolute atomic E-state index is 13.1. The molecular formula is C35H42N2O5. The second kappa shape index (κ2) is 13.6. The Hall–Kier alpha value is -3.65. The fourth-order valence-electron chi connectivity index (χ4n) is 6.14. The SMILES string of the molecule is CCOC(=O)c1c(C)n(-c2ccc(C)cc2)c2ccc(OC[C@H](O)CN(Cc3ccccc3)[C@@H]3CCCC[C@@H]3O)cc12. The van der Waals surface area contributed by atoms with Crippen molar-refractivity contribution in [3.63, 3.8) is 0 Å². The van der Waals surface area contributed by atoms with Crippen molar-refractivity contribution in [2.24, 2.45) is 0 Å². The van der Waals surface area contributed by atoms with Gasteiger partial charge in [0, 0.05) is 35.9 Å². The zero-order valence-corrected chi connectivity index (χ0v) is 24.8. The minimum Gasteiger partial charge on any atom is -0.491 e. The first-order valence-electron chi connectivity index (χ1n) is 15.0. The number of carbonyl (C=O) groups excluding carboxylic acids is 1. The van der Waals surface area contributed by atoms with E-state index in [0.717, 1.165) is 59.1 Å². The molecule has 5 rings (SSSR count). The summed E-state index contributed by atoms with van der Waals surface area (Å²) in [5.74, 6) is 0.200. The summed E-state index contributed by atoms with van der Waals surface area (Å²) in [6, 6.07) is 24.0. The number of rotatable bonds is 11. The number of hydrogen-bond donors (Lipinski definition) is 2. The lowest BCUT2D eigenvalue weighted by Gasteiger charge is -2.38. The van der Waals surface area contributed by atoms with E-state index in [0.29, 0.717) is 24.4 Å². The first-order valence-corrected chi connectivity index (χ1v) is 15.0. The van der Waals surface area contributed by atoms with Crippen LogP contribution in [0.25, 0.3) is 16.6 Å². The van der Waals surface area contributed by atoms with Gasteiger partial charge in [-0.15, -0.1) is 0 Å². The van der Waals surface area contributed by atoms with Gasteiger partial charge in [-0.1, -0.05) is 60.9 Å². The molecule has 7 heteroatoms. The summed E-state index contributed by atoms with van der Waals surface area (Å²) in [6.07, 6.45) is 2.63. The fraction of sp³-hybridized carbons (Fsp3) is 0.400. The molecule has 42 heavy (non-hydrogen) atoms. The molecule has 1 aliphatic rings. The molecule has 0 unspecified atom stereocenters. The third-order valence-corrected chi connectivity index (χ3v) is 8.23. The molecule has 2 N–H and O–H groups in total. The van der Waals surface area contributed by atoms with Gasteiger partial charge in [-0.3, -0.25) is 4.90 Å². The predicted octanol–water partition coefficient (Wildman–Crippen LogP) is 5.97. The van der Waals surface area contributed by atoms with E-state index in [2.05, 4.69) is 33.7 Å². The maximum atomic E-state index is 13.1. The first-order chi connectivity index (χ1) is 20.4. The molecule has 4 aromatic rings. The Kier molecular flexibility index (Phi) is 9.62. The van der Waals surface area contributed by atoms with E-state index in [-0.39, 0.29) is 25.2 Å². The summed E-state index contributed by atoms with van der Waals surface area (Å²) in [7, 11) is 0. The van der Waals surface area contributed by atoms with Gasteiger partial charge >= 0.3 is 5.97 Å². The summed E-state index contributed by atoms with van der Waals surface area (Å²) in [5.41, 5.74) is 5.46. The van der Waals surface area contributed by atoms with E-state index in [1.165, 1.54) is 0 Å². The Morgan fingerprint density at radius 2 is 1.76 bits per heavy atom. The molecule has 3 aromatic carbocycles. The van der Waals surface area contributed by atoms with Gasteiger partial charge in [0.05, 0.1) is 23.8 Å². The average Bonchev–Trinajstić information content (AvgIpc) is 3.28. The molecule has 1 fully saturated rings. The van der Waals surface area contributed by atoms with Gasteiger partial charge in [0.25, 0.3) is 0 Å². The van der Waals surface area contributed by atoms with E-state index in [1.54, 1.807) is 6.92 Å². The van der Waals surface area contributed by atoms with Crippen molar-refractivity contribution in [3.05, 3.63) is 95.2 Å². The predicted molar refractivity (Wildman–Crippen MR) is 165 cm³/mol. The number of ether oxygens (including phenoxy) is 2. The quantitative estimate of drug-likeness (QED) is 0.216. The molecule has 1 saturated carbocycles. The highest BCUT2D eigenvalue weighted by Crippen LogP contribution is 2.33. The second-order valence-corrected chi connectivity index (χ2v) is 11.3. The third kappa shape index (κ3) is 6.70. The van der Waals surface area contributed by atoms with Crippen molar-refractivity contribution in [1.82, 2.24) is 9.47 Å². The van der Waals surface area contributed by atoms with Crippen molar-refractivity contribution in [1.29, 1.82) is 0 Å². The lowest BCUT2D eigenvalue weighted by atomic mass is 9.91. The summed E-state index contributed by atoms with van der Waals surface area (Å²) >= 11 is 0. The fourth-order valence-corrected chi connectivity index (χ4v) is 6.14. The van der Waals surface area contributed by atoms with Gasteiger partial charge in [0.2, 0.25) is 0 Å². The summed E-state index contributed by atoms with van der Waals surface area (Å²) in [6.45, 7) is 7.19. The van der Waals surface area contributed by atoms with Crippen LogP contribution in [0.2, 0.25) is 0 Å². The van der Waals surface area contributed by atoms with E-state index in [4.69, 9.17) is 9.47 Å². The zero-order chi connectivity index (χ0) is 29.6. The Morgan fingerprint density at radius 1 is 1.02 bits per heavy atom. The number of carbonyl (C=O) groups is 1. The summed E-state index contributed by atoms with van der Waals surface area (Å²) in [5, 5.41) is 22.6. The molecular weight excluding hydrogens is 528 g/mol. The van der Waals surface area contributed by atoms with Gasteiger partial charge in [-0.25, -0.2) is 4.79 Å². The normalized spacial score (nSPS) is 17.9. The van der Waals surface area contributed by atoms with Crippen LogP contribution in [-0.4, -0.2) is 63.7 Å². The highest BCUT2D eigenvalue weighted by molar-refractivity contribution is 6.07. The molecule has 1 aromatic heterocycles. The zero-order valence-electron chi connectivity index (χ0n) is 24.8. The van der Waals surface area contributed by atoms with E-state index < -0.39 is 12.2 Å². The first kappa shape index (κ1) is 29.8. The van der Waals surface area contributed by atoms with Crippen LogP contribution in [0.5, 0.6) is 5.75 Å². The van der Waals surface area contributed by atoms with Crippen LogP contribution in [0, 0.1) is 13.8 Å². The second-order valence-electron chi connectivity index (χ2n) is 11.3. The number of benzene rings is 3. The van der Waals surface area contributed by atoms with Gasteiger partial charge < -0.3 is 24.3 Å². The van der Waals surface area contributed by atoms with Crippen molar-refractivity contribution in [2.45, 2.75) is 71.2 Å². The number of aliphatic hydroxyl groups excluding tert-OH is 2. The van der Waals surface area contributed by atoms with Crippen LogP contribution >= 0.6 is 0 Å². The van der Waals surface area contributed by atoms with Crippen molar-refractivity contribution in [2.75, 3.05) is 19.8 Å². The number of aliphatic hydroxyl groups is 2. The highest BCUT2D eigenvalue weighted by atomic mass is 16.5. The molecule has 7 nitrogen and oxygen atoms in total. The number of aryl methyl sites for hydroxylation is 1. The topological polar surface area (TPSA) is 84.2 Å². The average molecular weight is 571 g/mol. The maximum Gasteiger partial charge on any atom is 0.340 e. The molecule has 0 radical (unpaired) electrons. The van der Waals surface area contributed by atoms with Crippen LogP contribution in [-0.2, 0) is 11.3 Å². The Labute approximate surface area is 248 Å². The number of aromatic nitrogens is 1. The number of esters is 1. The van der Waals surface area contributed by atoms with Crippen LogP contribution in [0.4, 0.5) is 0 Å². The van der Waals surface area contributed by atoms with E-state index in [1.807, 2.05) is 62.4 Å². The molecule has 0 spiro atoms. The minimum absolute atomic E-state index is 0.00149. The molecule has 0 bridgehead atoms. The molecule has 3 atom stereocenters. The third-order valence-electron chi connectivity index (χ3n) is 8.23. The highest BCUT2D eigenvalue weighted by Gasteiger charge is 2.30. The van der Waals surface area contributed by atoms with Crippen LogP contribution in [0.15, 0.2) is 72.8 Å². The minimum atomic E-state index is -0.762. The Balaban J connectivity index is 1.36. The molecule has 1 heterocycles. The van der Waals surface area contributed by atoms with Gasteiger partial charge in [0.15, 0.2) is 0 Å². The Morgan fingerprint density at radius 3 is 2.48 bits per heavy atom. The standard InChI is InChI=1S/C35H42N2O5/c1-4-41-35(40)34-25(3)37(27-16-14-24(2)15-17-27)31-19-18-29(20-30(31)34)42-23-28(38)22-36(21-26-10-6-5-7-11-26)32-12-8-9-13-33(32)39/h5-7,10-11,14-20,28,32-33,38-39H,4,8-9,12-13,21-23H2,1-3H3/t28-,32-,33+/m1/s1. The van der Waals surface area contributed by atoms with Gasteiger partial charge in [0.1, 0.15) is 18.5 Å². The molecule has 0 aliphatic heterocycles. The largest absolute Gasteiger partial charge is 0.491 e. The van der Waals surface area contributed by atoms with Crippen LogP contribution in [0.3, 0.4) is 0 Å². The van der Waals surface area contributed by atoms with Crippen molar-refractivity contribution >= 4 is 16.9 Å². The number of hydrogen-bond acceptors (Lipinski definition) is 6. The van der Waals surface area contributed by atoms with Crippen LogP contribution in [0.1, 0.15) is 59.8 Å². The molecule has 222 valence electrons. The lowest BCUT2D eigenvalue weighted by Crippen LogP contribution is -2.48. The lowest BCUT2D eigenvalue weighted by molar-refractivity contribution is -0.0144. The summed E-state index contributed by atoms with van der Waals surface area (Å²) in [4.78, 5) is 15.3. The van der Waals surface area contributed by atoms with E-state index in [9.17, 15) is 15.0 Å². The number of fused-ring (bicyclic) bond motifs is 1. The van der Waals surface area contributed by atoms with Crippen LogP contribution < -0.4 is 4.74 Å². The summed E-state index contributed by atoms with van der Waals surface area (Å²) < 4.78 is 13.6. The monoisotopic (exact) mass is 570 g/mol. The molecule has 0 saturated heterocycles. The molecule has 1 aliphatic carbocycles. The smallest absolute Gasteiger partial charge is 0.340 e. The van der Waals surface area contributed by atoms with Gasteiger partial charge in [-0.2, -0.15) is 0 Å². The van der Waals surface area contributed by atoms with Crippen molar-refractivity contribution in [3.8, 4) is 11.4 Å².